The molecule has 7 heteroatoms. The van der Waals surface area contributed by atoms with Crippen LogP contribution in [-0.2, 0) is 22.0 Å². The molecule has 0 saturated heterocycles. The number of nitrogens with two attached hydrogens (primary N) is 1. The summed E-state index contributed by atoms with van der Waals surface area (Å²) >= 11 is 6.13. The predicted molar refractivity (Wildman–Crippen MR) is 116 cm³/mol. The number of halogens is 1. The van der Waals surface area contributed by atoms with E-state index in [0.29, 0.717) is 18.2 Å². The van der Waals surface area contributed by atoms with Crippen molar-refractivity contribution in [1.82, 2.24) is 4.72 Å². The van der Waals surface area contributed by atoms with Crippen LogP contribution in [0.25, 0.3) is 0 Å². The van der Waals surface area contributed by atoms with Gasteiger partial charge < -0.3 is 10.2 Å². The molecule has 2 unspecified atom stereocenters. The second kappa shape index (κ2) is 8.84. The van der Waals surface area contributed by atoms with Gasteiger partial charge in [-0.15, -0.1) is 0 Å². The van der Waals surface area contributed by atoms with E-state index >= 15 is 0 Å². The largest absolute Gasteiger partial charge is 0.415 e. The normalized spacial score (nSPS) is 15.8. The van der Waals surface area contributed by atoms with E-state index in [1.54, 1.807) is 0 Å². The van der Waals surface area contributed by atoms with E-state index in [0.717, 1.165) is 11.1 Å². The molecule has 0 aliphatic heterocycles. The Morgan fingerprint density at radius 1 is 1.23 bits per heavy atom. The Morgan fingerprint density at radius 2 is 1.81 bits per heavy atom. The maximum absolute atomic E-state index is 12.7. The highest BCUT2D eigenvalue weighted by molar-refractivity contribution is 7.84. The molecule has 0 aliphatic rings. The van der Waals surface area contributed by atoms with Gasteiger partial charge in [0, 0.05) is 11.6 Å². The molecule has 0 spiro atoms. The molecule has 1 aromatic carbocycles. The Hall–Kier alpha value is -0.243. The zero-order valence-electron chi connectivity index (χ0n) is 17.4. The molecule has 0 radical (unpaired) electrons. The van der Waals surface area contributed by atoms with Gasteiger partial charge in [-0.3, -0.25) is 0 Å². The van der Waals surface area contributed by atoms with Crippen molar-refractivity contribution in [3.63, 3.8) is 0 Å². The Bertz CT molecular complexity index is 639. The minimum atomic E-state index is -1.93. The van der Waals surface area contributed by atoms with Gasteiger partial charge in [-0.1, -0.05) is 38.4 Å². The minimum Gasteiger partial charge on any atom is -0.415 e. The van der Waals surface area contributed by atoms with Crippen LogP contribution in [0.3, 0.4) is 0 Å². The molecular formula is C19H35ClN2O2SSi. The van der Waals surface area contributed by atoms with Gasteiger partial charge in [-0.25, -0.2) is 8.93 Å². The Balaban J connectivity index is 3.17. The van der Waals surface area contributed by atoms with Crippen molar-refractivity contribution < 1.29 is 8.63 Å². The molecule has 0 aliphatic carbocycles. The van der Waals surface area contributed by atoms with Crippen molar-refractivity contribution in [3.05, 3.63) is 34.3 Å². The number of benzene rings is 1. The van der Waals surface area contributed by atoms with E-state index < -0.39 is 19.3 Å². The summed E-state index contributed by atoms with van der Waals surface area (Å²) in [6.45, 7) is 17.7. The summed E-state index contributed by atoms with van der Waals surface area (Å²) in [5.74, 6) is 0. The lowest BCUT2D eigenvalue weighted by Gasteiger charge is -2.38. The van der Waals surface area contributed by atoms with Crippen molar-refractivity contribution in [2.45, 2.75) is 77.0 Å². The van der Waals surface area contributed by atoms with Gasteiger partial charge in [-0.05, 0) is 62.2 Å². The number of rotatable bonds is 7. The molecule has 0 amide bonds. The lowest BCUT2D eigenvalue weighted by molar-refractivity contribution is 0.257. The highest BCUT2D eigenvalue weighted by Crippen LogP contribution is 2.37. The summed E-state index contributed by atoms with van der Waals surface area (Å²) < 4.78 is 22.0. The van der Waals surface area contributed by atoms with Gasteiger partial charge in [0.15, 0.2) is 8.32 Å². The highest BCUT2D eigenvalue weighted by atomic mass is 35.5. The number of nitrogens with one attached hydrogen (secondary N) is 1. The van der Waals surface area contributed by atoms with Crippen LogP contribution >= 0.6 is 11.6 Å². The maximum atomic E-state index is 12.7. The van der Waals surface area contributed by atoms with Crippen molar-refractivity contribution >= 4 is 30.9 Å². The molecule has 0 saturated carbocycles. The third kappa shape index (κ3) is 6.43. The van der Waals surface area contributed by atoms with Crippen molar-refractivity contribution in [3.8, 4) is 0 Å². The third-order valence-corrected chi connectivity index (χ3v) is 11.3. The standard InChI is InChI=1S/C19H35ClN2O2SSi/c1-18(2,3)25(23)22-17(13-24-26(7,8)19(4,5)6)16-10-9-15(20)11-14(16)12-21/h9-11,17,22H,12-13,21H2,1-8H3. The van der Waals surface area contributed by atoms with E-state index in [1.165, 1.54) is 0 Å². The quantitative estimate of drug-likeness (QED) is 0.618. The lowest BCUT2D eigenvalue weighted by atomic mass is 10.0. The monoisotopic (exact) mass is 418 g/mol. The zero-order valence-corrected chi connectivity index (χ0v) is 20.0. The van der Waals surface area contributed by atoms with E-state index in [9.17, 15) is 4.21 Å². The van der Waals surface area contributed by atoms with Crippen LogP contribution < -0.4 is 10.5 Å². The topological polar surface area (TPSA) is 64.3 Å². The van der Waals surface area contributed by atoms with Gasteiger partial charge in [-0.2, -0.15) is 0 Å². The van der Waals surface area contributed by atoms with Crippen LogP contribution in [0.2, 0.25) is 23.2 Å². The fourth-order valence-corrected chi connectivity index (χ4v) is 4.11. The summed E-state index contributed by atoms with van der Waals surface area (Å²) in [7, 11) is -3.15. The van der Waals surface area contributed by atoms with Crippen molar-refractivity contribution in [2.75, 3.05) is 6.61 Å². The summed E-state index contributed by atoms with van der Waals surface area (Å²) in [6, 6.07) is 5.46. The molecule has 0 fully saturated rings. The van der Waals surface area contributed by atoms with Crippen molar-refractivity contribution in [1.29, 1.82) is 0 Å². The molecule has 0 aromatic heterocycles. The molecular weight excluding hydrogens is 384 g/mol. The molecule has 1 rings (SSSR count). The van der Waals surface area contributed by atoms with E-state index in [2.05, 4.69) is 38.6 Å². The number of hydrogen-bond acceptors (Lipinski definition) is 3. The summed E-state index contributed by atoms with van der Waals surface area (Å²) in [6.07, 6.45) is 0. The van der Waals surface area contributed by atoms with Gasteiger partial charge in [0.05, 0.1) is 28.4 Å². The second-order valence-corrected chi connectivity index (χ2v) is 16.4. The molecule has 2 atom stereocenters. The average molecular weight is 419 g/mol. The Morgan fingerprint density at radius 3 is 2.27 bits per heavy atom. The van der Waals surface area contributed by atoms with E-state index in [-0.39, 0.29) is 15.8 Å². The van der Waals surface area contributed by atoms with Crippen LogP contribution in [0.15, 0.2) is 18.2 Å². The third-order valence-electron chi connectivity index (χ3n) is 4.92. The molecule has 26 heavy (non-hydrogen) atoms. The lowest BCUT2D eigenvalue weighted by Crippen LogP contribution is -2.44. The first-order valence-corrected chi connectivity index (χ1v) is 13.4. The van der Waals surface area contributed by atoms with Gasteiger partial charge in [0.1, 0.15) is 0 Å². The van der Waals surface area contributed by atoms with Crippen LogP contribution in [-0.4, -0.2) is 23.9 Å². The Kier molecular flexibility index (Phi) is 8.09. The first-order chi connectivity index (χ1) is 11.7. The molecule has 3 N–H and O–H groups in total. The molecule has 4 nitrogen and oxygen atoms in total. The summed E-state index contributed by atoms with van der Waals surface area (Å²) in [5.41, 5.74) is 7.87. The van der Waals surface area contributed by atoms with E-state index in [1.807, 2.05) is 39.0 Å². The minimum absolute atomic E-state index is 0.109. The van der Waals surface area contributed by atoms with Crippen molar-refractivity contribution in [2.24, 2.45) is 5.73 Å². The Labute approximate surface area is 167 Å². The SMILES string of the molecule is CC(C)(C)S(=O)NC(CO[Si](C)(C)C(C)(C)C)c1ccc(Cl)cc1CN. The second-order valence-electron chi connectivity index (χ2n) is 9.17. The first kappa shape index (κ1) is 23.8. The fourth-order valence-electron chi connectivity index (χ4n) is 2.09. The smallest absolute Gasteiger partial charge is 0.192 e. The number of hydrogen-bond donors (Lipinski definition) is 2. The average Bonchev–Trinajstić information content (AvgIpc) is 2.49. The highest BCUT2D eigenvalue weighted by Gasteiger charge is 2.38. The molecule has 0 bridgehead atoms. The van der Waals surface area contributed by atoms with E-state index in [4.69, 9.17) is 21.8 Å². The maximum Gasteiger partial charge on any atom is 0.192 e. The predicted octanol–water partition coefficient (Wildman–Crippen LogP) is 4.91. The van der Waals surface area contributed by atoms with Gasteiger partial charge in [0.25, 0.3) is 0 Å². The van der Waals surface area contributed by atoms with Crippen LogP contribution in [0.1, 0.15) is 58.7 Å². The molecule has 150 valence electrons. The molecule has 1 aromatic rings. The summed E-state index contributed by atoms with van der Waals surface area (Å²) in [4.78, 5) is 0. The molecule has 0 heterocycles. The van der Waals surface area contributed by atoms with Crippen LogP contribution in [0.5, 0.6) is 0 Å². The zero-order chi connectivity index (χ0) is 20.3. The summed E-state index contributed by atoms with van der Waals surface area (Å²) in [5, 5.41) is 0.757. The first-order valence-electron chi connectivity index (χ1n) is 8.99. The van der Waals surface area contributed by atoms with Gasteiger partial charge in [0.2, 0.25) is 0 Å². The van der Waals surface area contributed by atoms with Gasteiger partial charge >= 0.3 is 0 Å². The van der Waals surface area contributed by atoms with Crippen LogP contribution in [0, 0.1) is 0 Å². The fraction of sp³-hybridized carbons (Fsp3) is 0.684. The van der Waals surface area contributed by atoms with Crippen LogP contribution in [0.4, 0.5) is 0 Å².